The number of β-amino-alcohol motifs (C(OH)–C–C–N with tert-alkyl or cyclic N) is 1. The predicted octanol–water partition coefficient (Wildman–Crippen LogP) is -5.11. The monoisotopic (exact) mass is 1370 g/mol. The number of ether oxygens (including phenoxy) is 1. The van der Waals surface area contributed by atoms with Crippen molar-refractivity contribution in [1.82, 2.24) is 46.6 Å². The van der Waals surface area contributed by atoms with Gasteiger partial charge in [0.15, 0.2) is 11.5 Å². The number of aromatic hydroxyl groups is 1. The van der Waals surface area contributed by atoms with Gasteiger partial charge in [-0.25, -0.2) is 0 Å². The summed E-state index contributed by atoms with van der Waals surface area (Å²) in [4.78, 5) is 118. The normalized spacial score (nSPS) is 26.5. The van der Waals surface area contributed by atoms with Gasteiger partial charge >= 0.3 is 29.6 Å². The molecule has 1 aliphatic carbocycles. The quantitative estimate of drug-likeness (QED) is 0.0146. The zero-order valence-corrected chi connectivity index (χ0v) is 56.0. The molecule has 13 atom stereocenters. The molecule has 4 aromatic rings. The molecule has 95 heavy (non-hydrogen) atoms. The number of carbonyl (C=O) groups is 8. The number of hydrogen-bond acceptors (Lipinski definition) is 25. The number of aliphatic hydroxyl groups is 6. The average molecular weight is 1370 g/mol. The summed E-state index contributed by atoms with van der Waals surface area (Å²) in [5.41, 5.74) is 8.05. The number of aromatic nitrogens is 2. The molecule has 5 heterocycles. The van der Waals surface area contributed by atoms with Gasteiger partial charge in [0, 0.05) is 80.3 Å². The summed E-state index contributed by atoms with van der Waals surface area (Å²) in [6.07, 6.45) is -5.04. The van der Waals surface area contributed by atoms with E-state index in [0.717, 1.165) is 78.9 Å². The van der Waals surface area contributed by atoms with Crippen LogP contribution < -0.4 is 76.2 Å². The van der Waals surface area contributed by atoms with Crippen molar-refractivity contribution in [2.24, 2.45) is 11.7 Å². The number of anilines is 1. The first-order valence-electron chi connectivity index (χ1n) is 31.0. The molecule has 14 N–H and O–H groups in total. The molecule has 1 aromatic heterocycles. The zero-order chi connectivity index (χ0) is 67.5. The standard InChI is InChI=1S/C61H79N11O20S2.Na/c1-30-28-72-51(52(30)80)57(85)63-27-37(74)24-41(64-53(81)33-9-11-34(12-10-33)58-68-69-59(93-58)35-13-15-36(16-14-35)70-20-18-40(19-21-70)89-39-6-4-3-5-7-39)54(82)65-48(31(2)73)60(86)71-29-38(75)25-42(71)55(83)66-49(56(84)67-50(61(72)87)45(78)26-47(62)79)44(77)22-32-8-17-43(76)46(23-32)90-94-92-91-88;/h8-17,23,30-31,37-42,44-45,48-52,73-78,80,88H,3-7,18-22,24-29H2,1-2H3,(H2,62,79)(H,63,85)(H,64,81)(H,65,82)(H,66,83)(H,67,84);/q;+1/p-1/t30?,31?,37?,38?,41-,42?,44?,45?,48?,49?,50?,51?,52?;/m0./s1. The first-order valence-corrected chi connectivity index (χ1v) is 32.5. The van der Waals surface area contributed by atoms with Crippen LogP contribution in [0.2, 0.25) is 0 Å². The van der Waals surface area contributed by atoms with E-state index in [2.05, 4.69) is 63.2 Å². The largest absolute Gasteiger partial charge is 1.00 e. The first kappa shape index (κ1) is 74.1. The fourth-order valence-electron chi connectivity index (χ4n) is 12.4. The Labute approximate surface area is 576 Å². The van der Waals surface area contributed by atoms with E-state index in [1.807, 2.05) is 12.1 Å². The van der Waals surface area contributed by atoms with Crippen molar-refractivity contribution in [3.05, 3.63) is 77.9 Å². The van der Waals surface area contributed by atoms with Gasteiger partial charge in [-0.3, -0.25) is 43.4 Å². The Morgan fingerprint density at radius 3 is 2.02 bits per heavy atom. The predicted molar refractivity (Wildman–Crippen MR) is 331 cm³/mol. The van der Waals surface area contributed by atoms with Crippen molar-refractivity contribution in [2.45, 2.75) is 170 Å². The maximum Gasteiger partial charge on any atom is 1.00 e. The van der Waals surface area contributed by atoms with E-state index in [1.54, 1.807) is 12.1 Å². The molecule has 9 rings (SSSR count). The second kappa shape index (κ2) is 34.0. The molecule has 4 aliphatic heterocycles. The van der Waals surface area contributed by atoms with E-state index < -0.39 is 177 Å². The summed E-state index contributed by atoms with van der Waals surface area (Å²) < 4.78 is 15.6. The summed E-state index contributed by atoms with van der Waals surface area (Å²) in [5, 5.41) is 114. The van der Waals surface area contributed by atoms with Gasteiger partial charge in [0.05, 0.1) is 55.3 Å². The number of carbonyl (C=O) groups excluding carboxylic acids is 8. The second-order valence-corrected chi connectivity index (χ2v) is 25.8. The molecule has 1 saturated carbocycles. The first-order chi connectivity index (χ1) is 45.0. The van der Waals surface area contributed by atoms with Crippen molar-refractivity contribution in [3.63, 3.8) is 0 Å². The summed E-state index contributed by atoms with van der Waals surface area (Å²) in [6, 6.07) is 6.00. The van der Waals surface area contributed by atoms with E-state index in [1.165, 1.54) is 55.7 Å². The number of aliphatic hydroxyl groups excluding tert-OH is 6. The Balaban J connectivity index is 0.0000116. The van der Waals surface area contributed by atoms with Gasteiger partial charge in [-0.15, -0.1) is 14.5 Å². The van der Waals surface area contributed by atoms with Crippen molar-refractivity contribution in [2.75, 3.05) is 37.6 Å². The molecule has 12 unspecified atom stereocenters. The number of primary amides is 1. The number of nitrogens with two attached hydrogens (primary N) is 1. The average Bonchev–Trinajstić information content (AvgIpc) is 1.69. The van der Waals surface area contributed by atoms with Crippen LogP contribution in [-0.2, 0) is 54.1 Å². The van der Waals surface area contributed by atoms with Crippen LogP contribution in [-0.4, -0.2) is 221 Å². The van der Waals surface area contributed by atoms with Gasteiger partial charge in [-0.1, -0.05) is 55.7 Å². The SMILES string of the molecule is CC(O)C1NC(=O)[C@@H](NC(=O)c2ccc(-c3nnc(-c4ccc(N5CCC(OC6CCCCC6)CC5)cc4)s3)cc2)CC(O)CNC(=O)C2C(O)C(C)CN2C(=O)C(C(O)CC(N)=O)NC(=O)C(C(O)Cc2ccc(O)c(OSOO[O-])c2)NC(=O)C2CC(O)CN2C1=O.[Na+]. The van der Waals surface area contributed by atoms with E-state index >= 15 is 0 Å². The molecule has 0 radical (unpaired) electrons. The van der Waals surface area contributed by atoms with Gasteiger partial charge in [0.1, 0.15) is 46.3 Å². The molecule has 0 bridgehead atoms. The number of phenolic OH excluding ortho intramolecular Hbond substituents is 1. The number of piperidine rings is 1. The van der Waals surface area contributed by atoms with Gasteiger partial charge in [0.25, 0.3) is 18.2 Å². The van der Waals surface area contributed by atoms with E-state index in [9.17, 15) is 79.4 Å². The smallest absolute Gasteiger partial charge is 0.691 e. The van der Waals surface area contributed by atoms with Gasteiger partial charge in [-0.05, 0) is 86.7 Å². The molecule has 4 saturated heterocycles. The number of phenols is 1. The Hall–Kier alpha value is -6.67. The molecular weight excluding hydrogens is 1290 g/mol. The third-order valence-corrected chi connectivity index (χ3v) is 18.9. The van der Waals surface area contributed by atoms with Crippen LogP contribution in [0.15, 0.2) is 66.7 Å². The van der Waals surface area contributed by atoms with Crippen molar-refractivity contribution in [1.29, 1.82) is 0 Å². The number of nitrogens with one attached hydrogen (secondary N) is 5. The number of amides is 8. The molecule has 3 aromatic carbocycles. The van der Waals surface area contributed by atoms with Crippen LogP contribution in [0.3, 0.4) is 0 Å². The van der Waals surface area contributed by atoms with Crippen LogP contribution in [0.1, 0.15) is 94.0 Å². The Kier molecular flexibility index (Phi) is 26.5. The van der Waals surface area contributed by atoms with Crippen LogP contribution in [0.4, 0.5) is 5.69 Å². The molecule has 31 nitrogen and oxygen atoms in total. The maximum atomic E-state index is 14.7. The third-order valence-electron chi connectivity index (χ3n) is 17.5. The summed E-state index contributed by atoms with van der Waals surface area (Å²) in [6.45, 7) is 2.65. The fraction of sp³-hybridized carbons (Fsp3) is 0.541. The zero-order valence-electron chi connectivity index (χ0n) is 52.4. The van der Waals surface area contributed by atoms with Gasteiger partial charge < -0.3 is 96.9 Å². The Morgan fingerprint density at radius 1 is 0.758 bits per heavy atom. The van der Waals surface area contributed by atoms with E-state index in [-0.39, 0.29) is 64.9 Å². The maximum absolute atomic E-state index is 14.7. The Bertz CT molecular complexity index is 3330. The molecule has 0 spiro atoms. The number of rotatable bonds is 18. The Morgan fingerprint density at radius 2 is 1.38 bits per heavy atom. The topological polar surface area (TPSA) is 460 Å². The number of hydrogen-bond donors (Lipinski definition) is 13. The van der Waals surface area contributed by atoms with Crippen LogP contribution in [0, 0.1) is 5.92 Å². The van der Waals surface area contributed by atoms with E-state index in [0.29, 0.717) is 21.7 Å². The molecule has 34 heteroatoms. The minimum atomic E-state index is -2.22. The van der Waals surface area contributed by atoms with Crippen LogP contribution >= 0.6 is 23.7 Å². The number of nitrogens with zero attached hydrogens (tertiary/aromatic N) is 5. The summed E-state index contributed by atoms with van der Waals surface area (Å²) >= 11 is 1.32. The van der Waals surface area contributed by atoms with Gasteiger partial charge in [0.2, 0.25) is 41.4 Å². The number of benzene rings is 3. The van der Waals surface area contributed by atoms with Crippen molar-refractivity contribution < 1.29 is 127 Å². The van der Waals surface area contributed by atoms with Crippen molar-refractivity contribution in [3.8, 4) is 32.6 Å². The molecule has 5 fully saturated rings. The molecule has 8 amide bonds. The molecular formula is C61H78N11NaO20S2. The minimum Gasteiger partial charge on any atom is -0.691 e. The van der Waals surface area contributed by atoms with Crippen molar-refractivity contribution >= 4 is 76.6 Å². The molecule has 5 aliphatic rings. The fourth-order valence-corrected chi connectivity index (χ4v) is 13.5. The second-order valence-electron chi connectivity index (χ2n) is 24.4. The molecule has 510 valence electrons. The van der Waals surface area contributed by atoms with E-state index in [4.69, 9.17) is 14.7 Å². The van der Waals surface area contributed by atoms with Crippen LogP contribution in [0.5, 0.6) is 11.5 Å². The minimum absolute atomic E-state index is 0. The summed E-state index contributed by atoms with van der Waals surface area (Å²) in [7, 11) is 0. The number of fused-ring (bicyclic) bond motifs is 2. The van der Waals surface area contributed by atoms with Gasteiger partial charge in [-0.2, -0.15) is 0 Å². The van der Waals surface area contributed by atoms with Crippen LogP contribution in [0.25, 0.3) is 21.1 Å². The third kappa shape index (κ3) is 18.9. The summed E-state index contributed by atoms with van der Waals surface area (Å²) in [5.74, 6) is -11.1.